The van der Waals surface area contributed by atoms with E-state index in [0.29, 0.717) is 16.9 Å². The van der Waals surface area contributed by atoms with Crippen LogP contribution in [0, 0.1) is 10.8 Å². The molecule has 0 saturated heterocycles. The molecule has 156 valence electrons. The number of ether oxygens (including phenoxy) is 1. The van der Waals surface area contributed by atoms with E-state index in [0.717, 1.165) is 0 Å². The quantitative estimate of drug-likeness (QED) is 0.422. The normalized spacial score (nSPS) is 11.1. The van der Waals surface area contributed by atoms with Gasteiger partial charge in [-0.15, -0.1) is 0 Å². The van der Waals surface area contributed by atoms with Crippen molar-refractivity contribution in [2.45, 2.75) is 48.5 Å². The summed E-state index contributed by atoms with van der Waals surface area (Å²) in [7, 11) is 0. The van der Waals surface area contributed by atoms with Gasteiger partial charge in [0, 0.05) is 17.8 Å². The third-order valence-electron chi connectivity index (χ3n) is 3.90. The minimum Gasteiger partial charge on any atom is -0.507 e. The van der Waals surface area contributed by atoms with Gasteiger partial charge in [0.1, 0.15) is 11.5 Å². The topological polar surface area (TPSA) is 80.7 Å². The van der Waals surface area contributed by atoms with Crippen LogP contribution >= 0.6 is 0 Å². The maximum Gasteiger partial charge on any atom is 0.308 e. The zero-order valence-corrected chi connectivity index (χ0v) is 18.2. The van der Waals surface area contributed by atoms with Gasteiger partial charge in [0.25, 0.3) is 0 Å². The predicted octanol–water partition coefficient (Wildman–Crippen LogP) is 5.46. The van der Waals surface area contributed by atoms with Crippen molar-refractivity contribution < 1.29 is 24.2 Å². The van der Waals surface area contributed by atoms with Gasteiger partial charge in [-0.25, -0.2) is 0 Å². The molecule has 0 aromatic heterocycles. The third-order valence-corrected chi connectivity index (χ3v) is 3.90. The van der Waals surface area contributed by atoms with Gasteiger partial charge in [0.2, 0.25) is 0 Å². The Hall–Kier alpha value is -2.95. The fraction of sp³-hybridized carbons (Fsp3) is 0.375. The molecule has 0 unspecified atom stereocenters. The number of esters is 1. The second kappa shape index (κ2) is 9.50. The molecule has 29 heavy (non-hydrogen) atoms. The van der Waals surface area contributed by atoms with Crippen molar-refractivity contribution >= 4 is 17.5 Å². The molecule has 0 amide bonds. The summed E-state index contributed by atoms with van der Waals surface area (Å²) in [6, 6.07) is 13.4. The second-order valence-electron chi connectivity index (χ2n) is 8.77. The molecule has 5 nitrogen and oxygen atoms in total. The number of carbonyl (C=O) groups is 3. The predicted molar refractivity (Wildman–Crippen MR) is 113 cm³/mol. The number of para-hydroxylation sites is 2. The number of ketones is 2. The maximum atomic E-state index is 12.1. The molecule has 0 saturated carbocycles. The first kappa shape index (κ1) is 24.1. The number of hydrogen-bond acceptors (Lipinski definition) is 5. The molecule has 0 fully saturated rings. The maximum absolute atomic E-state index is 12.1. The van der Waals surface area contributed by atoms with Crippen molar-refractivity contribution in [3.8, 4) is 11.5 Å². The van der Waals surface area contributed by atoms with Crippen molar-refractivity contribution in [3.63, 3.8) is 0 Å². The first-order valence-corrected chi connectivity index (χ1v) is 9.40. The summed E-state index contributed by atoms with van der Waals surface area (Å²) in [6.45, 7) is 12.3. The van der Waals surface area contributed by atoms with E-state index in [9.17, 15) is 19.5 Å². The van der Waals surface area contributed by atoms with Crippen molar-refractivity contribution in [2.75, 3.05) is 0 Å². The Morgan fingerprint density at radius 3 is 1.59 bits per heavy atom. The van der Waals surface area contributed by atoms with Crippen LogP contribution in [0.4, 0.5) is 0 Å². The van der Waals surface area contributed by atoms with Crippen LogP contribution in [-0.4, -0.2) is 22.6 Å². The summed E-state index contributed by atoms with van der Waals surface area (Å²) < 4.78 is 5.00. The molecule has 2 aromatic rings. The highest BCUT2D eigenvalue weighted by Crippen LogP contribution is 2.27. The van der Waals surface area contributed by atoms with E-state index < -0.39 is 16.8 Å². The van der Waals surface area contributed by atoms with Crippen molar-refractivity contribution in [3.05, 3.63) is 59.7 Å². The van der Waals surface area contributed by atoms with E-state index in [-0.39, 0.29) is 17.3 Å². The monoisotopic (exact) mass is 398 g/mol. The molecule has 2 rings (SSSR count). The summed E-state index contributed by atoms with van der Waals surface area (Å²) in [5, 5.41) is 9.42. The first-order valence-electron chi connectivity index (χ1n) is 9.40. The summed E-state index contributed by atoms with van der Waals surface area (Å²) in [6.07, 6.45) is 0. The lowest BCUT2D eigenvalue weighted by atomic mass is 9.86. The lowest BCUT2D eigenvalue weighted by molar-refractivity contribution is -0.131. The smallest absolute Gasteiger partial charge is 0.308 e. The first-order chi connectivity index (χ1) is 13.2. The Morgan fingerprint density at radius 2 is 1.14 bits per heavy atom. The van der Waals surface area contributed by atoms with Gasteiger partial charge in [0.15, 0.2) is 11.6 Å². The number of aromatic hydroxyl groups is 1. The van der Waals surface area contributed by atoms with Gasteiger partial charge in [-0.1, -0.05) is 65.8 Å². The largest absolute Gasteiger partial charge is 0.507 e. The van der Waals surface area contributed by atoms with Gasteiger partial charge >= 0.3 is 5.97 Å². The average Bonchev–Trinajstić information content (AvgIpc) is 2.60. The van der Waals surface area contributed by atoms with E-state index in [1.165, 1.54) is 13.0 Å². The van der Waals surface area contributed by atoms with Gasteiger partial charge in [0.05, 0.1) is 11.1 Å². The van der Waals surface area contributed by atoms with Crippen molar-refractivity contribution in [1.29, 1.82) is 0 Å². The average molecular weight is 398 g/mol. The Morgan fingerprint density at radius 1 is 0.724 bits per heavy atom. The lowest BCUT2D eigenvalue weighted by Crippen LogP contribution is -2.21. The Balaban J connectivity index is 0.000000296. The molecule has 2 aromatic carbocycles. The second-order valence-corrected chi connectivity index (χ2v) is 8.77. The molecule has 0 aliphatic carbocycles. The number of benzene rings is 2. The Bertz CT molecular complexity index is 883. The van der Waals surface area contributed by atoms with Gasteiger partial charge in [-0.2, -0.15) is 0 Å². The van der Waals surface area contributed by atoms with Crippen molar-refractivity contribution in [1.82, 2.24) is 0 Å². The lowest BCUT2D eigenvalue weighted by Gasteiger charge is -2.18. The SMILES string of the molecule is CC(=O)Oc1ccccc1C(=O)C(C)(C)C.CC(C)(C)C(=O)c1ccccc1O. The molecule has 0 aliphatic heterocycles. The van der Waals surface area contributed by atoms with Crippen LogP contribution in [0.15, 0.2) is 48.5 Å². The molecule has 0 atom stereocenters. The van der Waals surface area contributed by atoms with Crippen LogP contribution in [-0.2, 0) is 4.79 Å². The van der Waals surface area contributed by atoms with Crippen LogP contribution < -0.4 is 4.74 Å². The number of Topliss-reactive ketones (excluding diaryl/α,β-unsaturated/α-hetero) is 2. The molecule has 0 spiro atoms. The van der Waals surface area contributed by atoms with Gasteiger partial charge < -0.3 is 9.84 Å². The third kappa shape index (κ3) is 7.18. The molecule has 0 bridgehead atoms. The highest BCUT2D eigenvalue weighted by atomic mass is 16.5. The van der Waals surface area contributed by atoms with Crippen LogP contribution in [0.25, 0.3) is 0 Å². The standard InChI is InChI=1S/C13H16O3.C11H14O2/c1-9(14)16-11-8-6-5-7-10(11)12(15)13(2,3)4;1-11(2,3)10(13)8-6-4-5-7-9(8)12/h5-8H,1-4H3;4-7,12H,1-3H3. The van der Waals surface area contributed by atoms with Gasteiger partial charge in [-0.05, 0) is 24.3 Å². The van der Waals surface area contributed by atoms with Crippen LogP contribution in [0.2, 0.25) is 0 Å². The molecule has 0 heterocycles. The summed E-state index contributed by atoms with van der Waals surface area (Å²) in [5.41, 5.74) is -0.0880. The number of rotatable bonds is 3. The minimum atomic E-state index is -0.490. The molecule has 0 radical (unpaired) electrons. The minimum absolute atomic E-state index is 0.0365. The van der Waals surface area contributed by atoms with E-state index in [2.05, 4.69) is 0 Å². The zero-order chi connectivity index (χ0) is 22.4. The van der Waals surface area contributed by atoms with Crippen LogP contribution in [0.3, 0.4) is 0 Å². The number of phenols is 1. The molecule has 0 aliphatic rings. The van der Waals surface area contributed by atoms with Gasteiger partial charge in [-0.3, -0.25) is 14.4 Å². The summed E-state index contributed by atoms with van der Waals surface area (Å²) in [4.78, 5) is 34.7. The highest BCUT2D eigenvalue weighted by Gasteiger charge is 2.26. The molecule has 1 N–H and O–H groups in total. The van der Waals surface area contributed by atoms with Crippen LogP contribution in [0.5, 0.6) is 11.5 Å². The van der Waals surface area contributed by atoms with E-state index in [4.69, 9.17) is 4.74 Å². The zero-order valence-electron chi connectivity index (χ0n) is 18.2. The number of carbonyl (C=O) groups excluding carboxylic acids is 3. The van der Waals surface area contributed by atoms with Crippen LogP contribution in [0.1, 0.15) is 69.2 Å². The summed E-state index contributed by atoms with van der Waals surface area (Å²) >= 11 is 0. The van der Waals surface area contributed by atoms with E-state index >= 15 is 0 Å². The molecular formula is C24H30O5. The molecule has 5 heteroatoms. The number of hydrogen-bond donors (Lipinski definition) is 1. The Kier molecular flexibility index (Phi) is 7.89. The van der Waals surface area contributed by atoms with Crippen molar-refractivity contribution in [2.24, 2.45) is 10.8 Å². The summed E-state index contributed by atoms with van der Waals surface area (Å²) in [5.74, 6) is -0.110. The van der Waals surface area contributed by atoms with E-state index in [1.54, 1.807) is 42.5 Å². The highest BCUT2D eigenvalue weighted by molar-refractivity contribution is 6.02. The fourth-order valence-electron chi connectivity index (χ4n) is 2.37. The molecular weight excluding hydrogens is 368 g/mol. The fourth-order valence-corrected chi connectivity index (χ4v) is 2.37. The number of phenolic OH excluding ortho intramolecular Hbond substituents is 1. The van der Waals surface area contributed by atoms with E-state index in [1.807, 2.05) is 41.5 Å². The Labute approximate surface area is 172 Å².